The van der Waals surface area contributed by atoms with E-state index in [4.69, 9.17) is 11.6 Å². The number of benzene rings is 1. The highest BCUT2D eigenvalue weighted by Gasteiger charge is 2.38. The van der Waals surface area contributed by atoms with Crippen molar-refractivity contribution in [3.8, 4) is 0 Å². The molecule has 0 aromatic heterocycles. The summed E-state index contributed by atoms with van der Waals surface area (Å²) in [6.45, 7) is 3.26. The fraction of sp³-hybridized carbons (Fsp3) is 0.600. The van der Waals surface area contributed by atoms with Crippen LogP contribution >= 0.6 is 23.4 Å². The molecule has 0 unspecified atom stereocenters. The summed E-state index contributed by atoms with van der Waals surface area (Å²) in [5.41, 5.74) is 0.510. The fourth-order valence-electron chi connectivity index (χ4n) is 3.95. The van der Waals surface area contributed by atoms with Crippen molar-refractivity contribution >= 4 is 35.2 Å². The second kappa shape index (κ2) is 9.69. The van der Waals surface area contributed by atoms with Crippen LogP contribution in [0.25, 0.3) is 0 Å². The number of halogens is 1. The molecule has 1 spiro atoms. The van der Waals surface area contributed by atoms with Gasteiger partial charge in [0.15, 0.2) is 5.96 Å². The zero-order chi connectivity index (χ0) is 19.1. The molecule has 1 heterocycles. The number of amides is 1. The zero-order valence-electron chi connectivity index (χ0n) is 16.0. The van der Waals surface area contributed by atoms with Gasteiger partial charge in [0.1, 0.15) is 0 Å². The van der Waals surface area contributed by atoms with Crippen LogP contribution in [0, 0.1) is 0 Å². The molecule has 2 aliphatic rings. The molecule has 1 saturated heterocycles. The molecule has 2 N–H and O–H groups in total. The third-order valence-electron chi connectivity index (χ3n) is 5.34. The van der Waals surface area contributed by atoms with E-state index in [0.29, 0.717) is 28.4 Å². The van der Waals surface area contributed by atoms with E-state index in [1.807, 2.05) is 19.2 Å². The molecule has 0 atom stereocenters. The lowest BCUT2D eigenvalue weighted by atomic mass is 9.87. The Morgan fingerprint density at radius 2 is 1.96 bits per heavy atom. The summed E-state index contributed by atoms with van der Waals surface area (Å²) in [6.07, 6.45) is 6.71. The number of nitrogens with one attached hydrogen (secondary N) is 2. The Balaban J connectivity index is 1.46. The normalized spacial score (nSPS) is 19.8. The van der Waals surface area contributed by atoms with Gasteiger partial charge < -0.3 is 15.5 Å². The predicted octanol–water partition coefficient (Wildman–Crippen LogP) is 3.40. The van der Waals surface area contributed by atoms with Crippen molar-refractivity contribution in [2.45, 2.75) is 36.9 Å². The zero-order valence-corrected chi connectivity index (χ0v) is 17.5. The Morgan fingerprint density at radius 1 is 1.22 bits per heavy atom. The van der Waals surface area contributed by atoms with Crippen molar-refractivity contribution in [3.05, 3.63) is 34.9 Å². The predicted molar refractivity (Wildman–Crippen MR) is 115 cm³/mol. The first-order valence-electron chi connectivity index (χ1n) is 9.76. The van der Waals surface area contributed by atoms with Crippen molar-refractivity contribution in [1.29, 1.82) is 0 Å². The van der Waals surface area contributed by atoms with Gasteiger partial charge in [-0.3, -0.25) is 9.79 Å². The molecule has 148 valence electrons. The molecular formula is C20H29ClN4OS. The van der Waals surface area contributed by atoms with Crippen LogP contribution in [0.5, 0.6) is 0 Å². The van der Waals surface area contributed by atoms with Gasteiger partial charge in [0.2, 0.25) is 0 Å². The van der Waals surface area contributed by atoms with Crippen molar-refractivity contribution in [3.63, 3.8) is 0 Å². The first-order chi connectivity index (χ1) is 13.1. The number of hydrogen-bond acceptors (Lipinski definition) is 3. The molecule has 2 fully saturated rings. The fourth-order valence-corrected chi connectivity index (χ4v) is 5.74. The average Bonchev–Trinajstić information content (AvgIpc) is 2.69. The largest absolute Gasteiger partial charge is 0.354 e. The van der Waals surface area contributed by atoms with Gasteiger partial charge >= 0.3 is 0 Å². The molecule has 1 amide bonds. The van der Waals surface area contributed by atoms with Crippen LogP contribution in [0.1, 0.15) is 42.5 Å². The molecule has 27 heavy (non-hydrogen) atoms. The number of aliphatic imine (C=N–C) groups is 1. The number of hydrogen-bond donors (Lipinski definition) is 2. The Labute approximate surface area is 171 Å². The maximum Gasteiger partial charge on any atom is 0.252 e. The van der Waals surface area contributed by atoms with Crippen LogP contribution in [-0.2, 0) is 0 Å². The Kier molecular flexibility index (Phi) is 7.30. The number of nitrogens with zero attached hydrogens (tertiary/aromatic N) is 2. The molecule has 0 radical (unpaired) electrons. The smallest absolute Gasteiger partial charge is 0.252 e. The summed E-state index contributed by atoms with van der Waals surface area (Å²) in [7, 11) is 1.83. The van der Waals surface area contributed by atoms with Crippen LogP contribution in [-0.4, -0.2) is 60.5 Å². The molecule has 3 rings (SSSR count). The van der Waals surface area contributed by atoms with Crippen LogP contribution in [0.3, 0.4) is 0 Å². The van der Waals surface area contributed by atoms with Crippen LogP contribution in [0.4, 0.5) is 0 Å². The molecule has 0 bridgehead atoms. The minimum Gasteiger partial charge on any atom is -0.354 e. The monoisotopic (exact) mass is 408 g/mol. The molecule has 5 nitrogen and oxygen atoms in total. The van der Waals surface area contributed by atoms with E-state index in [1.165, 1.54) is 32.1 Å². The van der Waals surface area contributed by atoms with Crippen molar-refractivity contribution < 1.29 is 4.79 Å². The maximum absolute atomic E-state index is 12.2. The third kappa shape index (κ3) is 5.32. The summed E-state index contributed by atoms with van der Waals surface area (Å²) in [5.74, 6) is 1.95. The van der Waals surface area contributed by atoms with E-state index in [9.17, 15) is 4.79 Å². The molecular weight excluding hydrogens is 380 g/mol. The van der Waals surface area contributed by atoms with E-state index in [2.05, 4.69) is 32.3 Å². The molecule has 1 aromatic carbocycles. The molecule has 7 heteroatoms. The lowest BCUT2D eigenvalue weighted by Gasteiger charge is -2.45. The lowest BCUT2D eigenvalue weighted by molar-refractivity contribution is 0.0954. The van der Waals surface area contributed by atoms with E-state index in [1.54, 1.807) is 12.1 Å². The van der Waals surface area contributed by atoms with E-state index < -0.39 is 0 Å². The Hall–Kier alpha value is -1.40. The van der Waals surface area contributed by atoms with Crippen molar-refractivity contribution in [2.24, 2.45) is 4.99 Å². The van der Waals surface area contributed by atoms with Crippen LogP contribution < -0.4 is 10.6 Å². The van der Waals surface area contributed by atoms with Gasteiger partial charge in [0.05, 0.1) is 10.6 Å². The highest BCUT2D eigenvalue weighted by molar-refractivity contribution is 8.00. The lowest BCUT2D eigenvalue weighted by Crippen LogP contribution is -2.54. The van der Waals surface area contributed by atoms with Gasteiger partial charge in [0.25, 0.3) is 5.91 Å². The number of guanidine groups is 1. The highest BCUT2D eigenvalue weighted by Crippen LogP contribution is 2.42. The quantitative estimate of drug-likeness (QED) is 0.455. The minimum atomic E-state index is -0.145. The van der Waals surface area contributed by atoms with E-state index in [0.717, 1.165) is 24.8 Å². The van der Waals surface area contributed by atoms with E-state index >= 15 is 0 Å². The molecule has 1 aromatic rings. The van der Waals surface area contributed by atoms with Gasteiger partial charge in [-0.05, 0) is 25.0 Å². The van der Waals surface area contributed by atoms with Gasteiger partial charge in [-0.1, -0.05) is 43.0 Å². The second-order valence-electron chi connectivity index (χ2n) is 7.22. The SMILES string of the molecule is CN=C(NCCNC(=O)c1ccccc1Cl)N1CCSC2(CCCCC2)C1. The number of rotatable bonds is 4. The summed E-state index contributed by atoms with van der Waals surface area (Å²) in [4.78, 5) is 19.1. The average molecular weight is 409 g/mol. The standard InChI is InChI=1S/C20H29ClN4OS/c1-22-19(25-13-14-27-20(15-25)9-5-2-6-10-20)24-12-11-23-18(26)16-7-3-4-8-17(16)21/h3-4,7-8H,2,5-6,9-15H2,1H3,(H,22,24)(H,23,26). The molecule has 1 aliphatic carbocycles. The summed E-state index contributed by atoms with van der Waals surface area (Å²) >= 11 is 8.23. The third-order valence-corrected chi connectivity index (χ3v) is 7.20. The van der Waals surface area contributed by atoms with Crippen LogP contribution in [0.15, 0.2) is 29.3 Å². The maximum atomic E-state index is 12.2. The highest BCUT2D eigenvalue weighted by atomic mass is 35.5. The summed E-state index contributed by atoms with van der Waals surface area (Å²) in [6, 6.07) is 7.10. The first kappa shape index (κ1) is 20.3. The Bertz CT molecular complexity index is 670. The molecule has 1 aliphatic heterocycles. The van der Waals surface area contributed by atoms with Gasteiger partial charge in [-0.25, -0.2) is 0 Å². The topological polar surface area (TPSA) is 56.7 Å². The first-order valence-corrected chi connectivity index (χ1v) is 11.1. The van der Waals surface area contributed by atoms with Gasteiger partial charge in [-0.15, -0.1) is 0 Å². The number of carbonyl (C=O) groups excluding carboxylic acids is 1. The summed E-state index contributed by atoms with van der Waals surface area (Å²) in [5, 5.41) is 6.79. The minimum absolute atomic E-state index is 0.145. The Morgan fingerprint density at radius 3 is 2.70 bits per heavy atom. The molecule has 1 saturated carbocycles. The van der Waals surface area contributed by atoms with Crippen LogP contribution in [0.2, 0.25) is 5.02 Å². The van der Waals surface area contributed by atoms with Crippen molar-refractivity contribution in [1.82, 2.24) is 15.5 Å². The van der Waals surface area contributed by atoms with Gasteiger partial charge in [0, 0.05) is 43.7 Å². The second-order valence-corrected chi connectivity index (χ2v) is 9.19. The number of carbonyl (C=O) groups is 1. The number of thioether (sulfide) groups is 1. The van der Waals surface area contributed by atoms with Gasteiger partial charge in [-0.2, -0.15) is 11.8 Å². The van der Waals surface area contributed by atoms with Crippen molar-refractivity contribution in [2.75, 3.05) is 39.0 Å². The van der Waals surface area contributed by atoms with E-state index in [-0.39, 0.29) is 5.91 Å². The summed E-state index contributed by atoms with van der Waals surface area (Å²) < 4.78 is 0.409.